The maximum atomic E-state index is 12.7. The zero-order valence-electron chi connectivity index (χ0n) is 16.1. The molecule has 0 atom stereocenters. The van der Waals surface area contributed by atoms with Gasteiger partial charge in [0.2, 0.25) is 0 Å². The molecule has 0 saturated carbocycles. The number of ether oxygens (including phenoxy) is 1. The predicted molar refractivity (Wildman–Crippen MR) is 115 cm³/mol. The summed E-state index contributed by atoms with van der Waals surface area (Å²) in [6.45, 7) is -0.0194. The number of nitrogens with one attached hydrogen (secondary N) is 1. The highest BCUT2D eigenvalue weighted by atomic mass is 35.5. The molecule has 5 nitrogen and oxygen atoms in total. The highest BCUT2D eigenvalue weighted by Gasteiger charge is 2.19. The van der Waals surface area contributed by atoms with E-state index in [1.54, 1.807) is 54.6 Å². The molecule has 0 unspecified atom stereocenters. The molecule has 0 aliphatic rings. The number of hydrogen-bond acceptors (Lipinski definition) is 4. The molecule has 0 saturated heterocycles. The van der Waals surface area contributed by atoms with E-state index in [-0.39, 0.29) is 16.9 Å². The van der Waals surface area contributed by atoms with E-state index in [0.29, 0.717) is 23.6 Å². The Bertz CT molecular complexity index is 1030. The third kappa shape index (κ3) is 5.78. The Morgan fingerprint density at radius 3 is 2.13 bits per heavy atom. The molecule has 1 N–H and O–H groups in total. The molecule has 1 amide bonds. The van der Waals surface area contributed by atoms with Crippen LogP contribution in [0, 0.1) is 0 Å². The molecule has 3 rings (SSSR count). The molecule has 0 heterocycles. The highest BCUT2D eigenvalue weighted by molar-refractivity contribution is 6.30. The average molecular weight is 422 g/mol. The summed E-state index contributed by atoms with van der Waals surface area (Å²) >= 11 is 5.84. The molecule has 0 aliphatic heterocycles. The molecule has 0 spiro atoms. The van der Waals surface area contributed by atoms with Crippen molar-refractivity contribution in [3.63, 3.8) is 0 Å². The number of esters is 1. The minimum absolute atomic E-state index is 0.125. The van der Waals surface area contributed by atoms with Gasteiger partial charge >= 0.3 is 5.97 Å². The Hall–Kier alpha value is -3.44. The van der Waals surface area contributed by atoms with Crippen LogP contribution in [0.1, 0.15) is 31.8 Å². The lowest BCUT2D eigenvalue weighted by molar-refractivity contribution is -0.124. The van der Waals surface area contributed by atoms with Gasteiger partial charge in [0.15, 0.2) is 12.4 Å². The molecule has 0 aromatic heterocycles. The summed E-state index contributed by atoms with van der Waals surface area (Å²) in [5, 5.41) is 3.35. The van der Waals surface area contributed by atoms with E-state index < -0.39 is 18.5 Å². The fraction of sp³-hybridized carbons (Fsp3) is 0.125. The molecular weight excluding hydrogens is 402 g/mol. The summed E-state index contributed by atoms with van der Waals surface area (Å²) in [6.07, 6.45) is 0.630. The van der Waals surface area contributed by atoms with E-state index in [9.17, 15) is 14.4 Å². The van der Waals surface area contributed by atoms with Crippen LogP contribution in [-0.2, 0) is 16.0 Å². The SMILES string of the molecule is O=C(COC(=O)c1ccccc1C(=O)c1ccccc1)NCCc1ccc(Cl)cc1. The summed E-state index contributed by atoms with van der Waals surface area (Å²) in [7, 11) is 0. The number of hydrogen-bond donors (Lipinski definition) is 1. The van der Waals surface area contributed by atoms with E-state index in [1.807, 2.05) is 18.2 Å². The standard InChI is InChI=1S/C24H20ClNO4/c25-19-12-10-17(11-13-19)14-15-26-22(27)16-30-24(29)21-9-5-4-8-20(21)23(28)18-6-2-1-3-7-18/h1-13H,14-16H2,(H,26,27). The van der Waals surface area contributed by atoms with Gasteiger partial charge in [0, 0.05) is 22.7 Å². The van der Waals surface area contributed by atoms with E-state index in [4.69, 9.17) is 16.3 Å². The van der Waals surface area contributed by atoms with Gasteiger partial charge in [0.1, 0.15) is 0 Å². The summed E-state index contributed by atoms with van der Waals surface area (Å²) < 4.78 is 5.11. The Morgan fingerprint density at radius 1 is 0.800 bits per heavy atom. The molecular formula is C24H20ClNO4. The average Bonchev–Trinajstić information content (AvgIpc) is 2.79. The van der Waals surface area contributed by atoms with Gasteiger partial charge in [0.25, 0.3) is 5.91 Å². The zero-order chi connectivity index (χ0) is 21.3. The van der Waals surface area contributed by atoms with Crippen LogP contribution in [0.2, 0.25) is 5.02 Å². The largest absolute Gasteiger partial charge is 0.452 e. The molecule has 0 fully saturated rings. The van der Waals surface area contributed by atoms with Crippen molar-refractivity contribution in [2.75, 3.05) is 13.2 Å². The van der Waals surface area contributed by atoms with Crippen molar-refractivity contribution in [3.05, 3.63) is 106 Å². The third-order valence-corrected chi connectivity index (χ3v) is 4.66. The van der Waals surface area contributed by atoms with Crippen molar-refractivity contribution in [2.45, 2.75) is 6.42 Å². The first-order valence-corrected chi connectivity index (χ1v) is 9.79. The van der Waals surface area contributed by atoms with Crippen LogP contribution < -0.4 is 5.32 Å². The maximum absolute atomic E-state index is 12.7. The quantitative estimate of drug-likeness (QED) is 0.439. The molecule has 0 radical (unpaired) electrons. The van der Waals surface area contributed by atoms with Gasteiger partial charge in [-0.2, -0.15) is 0 Å². The van der Waals surface area contributed by atoms with E-state index in [2.05, 4.69) is 5.32 Å². The van der Waals surface area contributed by atoms with Crippen molar-refractivity contribution < 1.29 is 19.1 Å². The lowest BCUT2D eigenvalue weighted by Crippen LogP contribution is -2.30. The first kappa shape index (κ1) is 21.3. The van der Waals surface area contributed by atoms with Crippen LogP contribution in [0.5, 0.6) is 0 Å². The number of carbonyl (C=O) groups excluding carboxylic acids is 3. The highest BCUT2D eigenvalue weighted by Crippen LogP contribution is 2.16. The van der Waals surface area contributed by atoms with Crippen molar-refractivity contribution >= 4 is 29.3 Å². The second-order valence-electron chi connectivity index (χ2n) is 6.54. The lowest BCUT2D eigenvalue weighted by atomic mass is 9.98. The topological polar surface area (TPSA) is 72.5 Å². The molecule has 6 heteroatoms. The third-order valence-electron chi connectivity index (χ3n) is 4.41. The Balaban J connectivity index is 1.54. The van der Waals surface area contributed by atoms with Crippen LogP contribution in [0.3, 0.4) is 0 Å². The monoisotopic (exact) mass is 421 g/mol. The second-order valence-corrected chi connectivity index (χ2v) is 6.98. The fourth-order valence-electron chi connectivity index (χ4n) is 2.86. The smallest absolute Gasteiger partial charge is 0.339 e. The predicted octanol–water partition coefficient (Wildman–Crippen LogP) is 4.09. The normalized spacial score (nSPS) is 10.3. The van der Waals surface area contributed by atoms with Crippen LogP contribution in [0.15, 0.2) is 78.9 Å². The van der Waals surface area contributed by atoms with Gasteiger partial charge in [0.05, 0.1) is 5.56 Å². The Morgan fingerprint density at radius 2 is 1.43 bits per heavy atom. The lowest BCUT2D eigenvalue weighted by Gasteiger charge is -2.10. The summed E-state index contributed by atoms with van der Waals surface area (Å²) in [5.74, 6) is -1.41. The first-order valence-electron chi connectivity index (χ1n) is 9.41. The van der Waals surface area contributed by atoms with Gasteiger partial charge < -0.3 is 10.1 Å². The van der Waals surface area contributed by atoms with Gasteiger partial charge in [-0.25, -0.2) is 4.79 Å². The molecule has 30 heavy (non-hydrogen) atoms. The second kappa shape index (κ2) is 10.4. The number of ketones is 1. The van der Waals surface area contributed by atoms with Crippen molar-refractivity contribution in [1.29, 1.82) is 0 Å². The molecule has 3 aromatic rings. The van der Waals surface area contributed by atoms with Crippen LogP contribution in [0.4, 0.5) is 0 Å². The van der Waals surface area contributed by atoms with E-state index in [0.717, 1.165) is 5.56 Å². The maximum Gasteiger partial charge on any atom is 0.339 e. The first-order chi connectivity index (χ1) is 14.5. The number of amides is 1. The van der Waals surface area contributed by atoms with Crippen molar-refractivity contribution in [1.82, 2.24) is 5.32 Å². The number of rotatable bonds is 8. The zero-order valence-corrected chi connectivity index (χ0v) is 16.9. The number of halogens is 1. The van der Waals surface area contributed by atoms with Gasteiger partial charge in [-0.15, -0.1) is 0 Å². The van der Waals surface area contributed by atoms with Crippen LogP contribution in [-0.4, -0.2) is 30.8 Å². The number of benzene rings is 3. The van der Waals surface area contributed by atoms with Gasteiger partial charge in [-0.3, -0.25) is 9.59 Å². The summed E-state index contributed by atoms with van der Waals surface area (Å²) in [5.41, 5.74) is 1.86. The van der Waals surface area contributed by atoms with Crippen LogP contribution in [0.25, 0.3) is 0 Å². The number of carbonyl (C=O) groups is 3. The van der Waals surface area contributed by atoms with E-state index >= 15 is 0 Å². The van der Waals surface area contributed by atoms with E-state index in [1.165, 1.54) is 6.07 Å². The molecule has 3 aromatic carbocycles. The van der Waals surface area contributed by atoms with Gasteiger partial charge in [-0.1, -0.05) is 72.3 Å². The Labute approximate surface area is 179 Å². The Kier molecular flexibility index (Phi) is 7.35. The van der Waals surface area contributed by atoms with Crippen molar-refractivity contribution in [3.8, 4) is 0 Å². The summed E-state index contributed by atoms with van der Waals surface area (Å²) in [4.78, 5) is 37.2. The summed E-state index contributed by atoms with van der Waals surface area (Å²) in [6, 6.07) is 22.4. The fourth-order valence-corrected chi connectivity index (χ4v) is 2.99. The molecule has 0 bridgehead atoms. The minimum atomic E-state index is -0.720. The molecule has 152 valence electrons. The van der Waals surface area contributed by atoms with Gasteiger partial charge in [-0.05, 0) is 30.2 Å². The molecule has 0 aliphatic carbocycles. The van der Waals surface area contributed by atoms with Crippen molar-refractivity contribution in [2.24, 2.45) is 0 Å². The van der Waals surface area contributed by atoms with Crippen LogP contribution >= 0.6 is 11.6 Å². The minimum Gasteiger partial charge on any atom is -0.452 e.